The van der Waals surface area contributed by atoms with E-state index in [1.807, 2.05) is 0 Å². The predicted molar refractivity (Wildman–Crippen MR) is 61.8 cm³/mol. The topological polar surface area (TPSA) is 81.8 Å². The number of esters is 1. The van der Waals surface area contributed by atoms with Gasteiger partial charge in [-0.05, 0) is 18.2 Å². The number of phenolic OH excluding ortho intramolecular Hbond substituents is 1. The molecule has 17 heavy (non-hydrogen) atoms. The summed E-state index contributed by atoms with van der Waals surface area (Å²) in [5.74, 6) is -0.497. The lowest BCUT2D eigenvalue weighted by Crippen LogP contribution is -2.26. The van der Waals surface area contributed by atoms with E-state index >= 15 is 0 Å². The van der Waals surface area contributed by atoms with Gasteiger partial charge in [-0.2, -0.15) is 0 Å². The zero-order chi connectivity index (χ0) is 12.3. The van der Waals surface area contributed by atoms with E-state index in [2.05, 4.69) is 0 Å². The summed E-state index contributed by atoms with van der Waals surface area (Å²) in [5, 5.41) is 9.31. The van der Waals surface area contributed by atoms with Crippen molar-refractivity contribution in [1.29, 1.82) is 0 Å². The van der Waals surface area contributed by atoms with E-state index in [-0.39, 0.29) is 17.4 Å². The highest BCUT2D eigenvalue weighted by Crippen LogP contribution is 2.21. The monoisotopic (exact) mass is 237 g/mol. The molecule has 5 nitrogen and oxygen atoms in total. The third-order valence-electron chi connectivity index (χ3n) is 2.70. The van der Waals surface area contributed by atoms with E-state index in [1.165, 1.54) is 18.2 Å². The first-order valence-electron chi connectivity index (χ1n) is 5.54. The van der Waals surface area contributed by atoms with Crippen LogP contribution in [-0.2, 0) is 9.47 Å². The molecular weight excluding hydrogens is 222 g/mol. The van der Waals surface area contributed by atoms with Gasteiger partial charge in [0.25, 0.3) is 0 Å². The fourth-order valence-corrected chi connectivity index (χ4v) is 1.73. The molecule has 0 atom stereocenters. The summed E-state index contributed by atoms with van der Waals surface area (Å²) in [5.41, 5.74) is 6.17. The predicted octanol–water partition coefficient (Wildman–Crippen LogP) is 1.31. The molecule has 2 rings (SSSR count). The minimum absolute atomic E-state index is 0.00173. The first kappa shape index (κ1) is 11.7. The van der Waals surface area contributed by atoms with Crippen molar-refractivity contribution in [1.82, 2.24) is 0 Å². The van der Waals surface area contributed by atoms with Crippen LogP contribution in [0.25, 0.3) is 0 Å². The summed E-state index contributed by atoms with van der Waals surface area (Å²) < 4.78 is 10.5. The molecule has 1 aromatic rings. The lowest BCUT2D eigenvalue weighted by molar-refractivity contribution is -0.0158. The smallest absolute Gasteiger partial charge is 0.340 e. The van der Waals surface area contributed by atoms with Crippen molar-refractivity contribution in [2.75, 3.05) is 18.9 Å². The summed E-state index contributed by atoms with van der Waals surface area (Å²) in [6.45, 7) is 1.21. The van der Waals surface area contributed by atoms with Gasteiger partial charge in [0.05, 0.1) is 18.8 Å². The van der Waals surface area contributed by atoms with Crippen LogP contribution in [0.4, 0.5) is 5.69 Å². The van der Waals surface area contributed by atoms with Gasteiger partial charge in [0.1, 0.15) is 11.9 Å². The molecule has 5 heteroatoms. The number of hydrogen-bond donors (Lipinski definition) is 2. The Kier molecular flexibility index (Phi) is 3.49. The van der Waals surface area contributed by atoms with Crippen LogP contribution in [0.1, 0.15) is 23.2 Å². The van der Waals surface area contributed by atoms with Gasteiger partial charge in [-0.3, -0.25) is 0 Å². The van der Waals surface area contributed by atoms with Crippen molar-refractivity contribution in [3.63, 3.8) is 0 Å². The molecule has 0 bridgehead atoms. The molecule has 1 fully saturated rings. The van der Waals surface area contributed by atoms with Gasteiger partial charge in [-0.25, -0.2) is 4.79 Å². The van der Waals surface area contributed by atoms with Gasteiger partial charge in [-0.15, -0.1) is 0 Å². The van der Waals surface area contributed by atoms with Gasteiger partial charge >= 0.3 is 5.97 Å². The summed E-state index contributed by atoms with van der Waals surface area (Å²) in [7, 11) is 0. The lowest BCUT2D eigenvalue weighted by Gasteiger charge is -2.22. The average Bonchev–Trinajstić information content (AvgIpc) is 2.33. The standard InChI is InChI=1S/C12H15NO4/c13-11-2-1-8(14)7-10(11)12(15)17-9-3-5-16-6-4-9/h1-2,7,9,14H,3-6,13H2. The highest BCUT2D eigenvalue weighted by molar-refractivity contribution is 5.95. The van der Waals surface area contributed by atoms with Crippen molar-refractivity contribution in [2.24, 2.45) is 0 Å². The molecular formula is C12H15NO4. The lowest BCUT2D eigenvalue weighted by atomic mass is 10.1. The fourth-order valence-electron chi connectivity index (χ4n) is 1.73. The van der Waals surface area contributed by atoms with Crippen LogP contribution in [-0.4, -0.2) is 30.4 Å². The Hall–Kier alpha value is -1.75. The SMILES string of the molecule is Nc1ccc(O)cc1C(=O)OC1CCOCC1. The molecule has 0 amide bonds. The number of carbonyl (C=O) groups is 1. The number of nitrogens with two attached hydrogens (primary N) is 1. The number of nitrogen functional groups attached to an aromatic ring is 1. The second-order valence-corrected chi connectivity index (χ2v) is 3.99. The van der Waals surface area contributed by atoms with Crippen LogP contribution < -0.4 is 5.73 Å². The van der Waals surface area contributed by atoms with E-state index < -0.39 is 5.97 Å². The zero-order valence-corrected chi connectivity index (χ0v) is 9.39. The van der Waals surface area contributed by atoms with Gasteiger partial charge in [0.15, 0.2) is 0 Å². The van der Waals surface area contributed by atoms with E-state index in [1.54, 1.807) is 0 Å². The van der Waals surface area contributed by atoms with Gasteiger partial charge < -0.3 is 20.3 Å². The van der Waals surface area contributed by atoms with Gasteiger partial charge in [0, 0.05) is 18.5 Å². The molecule has 0 radical (unpaired) electrons. The average molecular weight is 237 g/mol. The molecule has 92 valence electrons. The maximum absolute atomic E-state index is 11.8. The van der Waals surface area contributed by atoms with E-state index in [0.717, 1.165) is 0 Å². The van der Waals surface area contributed by atoms with E-state index in [9.17, 15) is 9.90 Å². The van der Waals surface area contributed by atoms with E-state index in [0.29, 0.717) is 31.7 Å². The molecule has 3 N–H and O–H groups in total. The molecule has 0 aliphatic carbocycles. The summed E-state index contributed by atoms with van der Waals surface area (Å²) >= 11 is 0. The molecule has 0 spiro atoms. The van der Waals surface area contributed by atoms with Crippen LogP contribution in [0.15, 0.2) is 18.2 Å². The molecule has 1 aliphatic heterocycles. The maximum Gasteiger partial charge on any atom is 0.340 e. The number of phenols is 1. The van der Waals surface area contributed by atoms with Crippen LogP contribution in [0, 0.1) is 0 Å². The normalized spacial score (nSPS) is 16.7. The minimum atomic E-state index is -0.495. The second kappa shape index (κ2) is 5.05. The van der Waals surface area contributed by atoms with Crippen molar-refractivity contribution >= 4 is 11.7 Å². The molecule has 1 aromatic carbocycles. The van der Waals surface area contributed by atoms with Gasteiger partial charge in [-0.1, -0.05) is 0 Å². The first-order valence-corrected chi connectivity index (χ1v) is 5.54. The van der Waals surface area contributed by atoms with Crippen LogP contribution >= 0.6 is 0 Å². The Morgan fingerprint density at radius 3 is 2.82 bits per heavy atom. The second-order valence-electron chi connectivity index (χ2n) is 3.99. The zero-order valence-electron chi connectivity index (χ0n) is 9.39. The third-order valence-corrected chi connectivity index (χ3v) is 2.70. The highest BCUT2D eigenvalue weighted by Gasteiger charge is 2.20. The number of rotatable bonds is 2. The number of hydrogen-bond acceptors (Lipinski definition) is 5. The third kappa shape index (κ3) is 2.88. The van der Waals surface area contributed by atoms with Crippen LogP contribution in [0.3, 0.4) is 0 Å². The largest absolute Gasteiger partial charge is 0.508 e. The molecule has 0 aromatic heterocycles. The Bertz CT molecular complexity index is 413. The first-order chi connectivity index (χ1) is 8.16. The maximum atomic E-state index is 11.8. The number of aromatic hydroxyl groups is 1. The van der Waals surface area contributed by atoms with Crippen molar-refractivity contribution < 1.29 is 19.4 Å². The molecule has 0 unspecified atom stereocenters. The van der Waals surface area contributed by atoms with Crippen molar-refractivity contribution in [3.05, 3.63) is 23.8 Å². The number of ether oxygens (including phenoxy) is 2. The Morgan fingerprint density at radius 1 is 1.41 bits per heavy atom. The van der Waals surface area contributed by atoms with Crippen molar-refractivity contribution in [2.45, 2.75) is 18.9 Å². The number of benzene rings is 1. The fraction of sp³-hybridized carbons (Fsp3) is 0.417. The Morgan fingerprint density at radius 2 is 2.12 bits per heavy atom. The van der Waals surface area contributed by atoms with Crippen molar-refractivity contribution in [3.8, 4) is 5.75 Å². The minimum Gasteiger partial charge on any atom is -0.508 e. The number of anilines is 1. The van der Waals surface area contributed by atoms with Crippen LogP contribution in [0.2, 0.25) is 0 Å². The quantitative estimate of drug-likeness (QED) is 0.460. The number of carbonyl (C=O) groups excluding carboxylic acids is 1. The Balaban J connectivity index is 2.05. The summed E-state index contributed by atoms with van der Waals surface area (Å²) in [6, 6.07) is 4.23. The summed E-state index contributed by atoms with van der Waals surface area (Å²) in [6.07, 6.45) is 1.27. The van der Waals surface area contributed by atoms with Crippen LogP contribution in [0.5, 0.6) is 5.75 Å². The summed E-state index contributed by atoms with van der Waals surface area (Å²) in [4.78, 5) is 11.8. The molecule has 1 aliphatic rings. The Labute approximate surface area is 99.1 Å². The van der Waals surface area contributed by atoms with Gasteiger partial charge in [0.2, 0.25) is 0 Å². The van der Waals surface area contributed by atoms with E-state index in [4.69, 9.17) is 15.2 Å². The molecule has 1 heterocycles. The molecule has 1 saturated heterocycles. The highest BCUT2D eigenvalue weighted by atomic mass is 16.6. The molecule has 0 saturated carbocycles.